The monoisotopic (exact) mass is 152 g/mol. The lowest BCUT2D eigenvalue weighted by Gasteiger charge is -2.07. The predicted molar refractivity (Wildman–Crippen MR) is 42.1 cm³/mol. The molecule has 2 nitrogen and oxygen atoms in total. The second-order valence-corrected chi connectivity index (χ2v) is 2.69. The third-order valence-electron chi connectivity index (χ3n) is 1.80. The van der Waals surface area contributed by atoms with Gasteiger partial charge < -0.3 is 4.74 Å². The zero-order valence-corrected chi connectivity index (χ0v) is 6.51. The van der Waals surface area contributed by atoms with E-state index in [2.05, 4.69) is 12.3 Å². The van der Waals surface area contributed by atoms with Gasteiger partial charge >= 0.3 is 5.97 Å². The van der Waals surface area contributed by atoms with Gasteiger partial charge in [-0.1, -0.05) is 6.58 Å². The van der Waals surface area contributed by atoms with Crippen molar-refractivity contribution in [2.75, 3.05) is 0 Å². The van der Waals surface area contributed by atoms with Crippen LogP contribution in [0.5, 0.6) is 0 Å². The Kier molecular flexibility index (Phi) is 2.94. The van der Waals surface area contributed by atoms with Gasteiger partial charge in [-0.05, 0) is 25.7 Å². The van der Waals surface area contributed by atoms with Gasteiger partial charge in [0.1, 0.15) is 6.10 Å². The van der Waals surface area contributed by atoms with Crippen molar-refractivity contribution in [1.29, 1.82) is 0 Å². The number of carbonyl (C=O) groups excluding carboxylic acids is 1. The summed E-state index contributed by atoms with van der Waals surface area (Å²) in [5.74, 6) is -0.313. The standard InChI is InChI=1S/C9H12O2/c1-2-5-9(10)11-8-6-3-4-7-8/h5,8H,1,3-4,6-7H2. The molecule has 0 aromatic heterocycles. The lowest BCUT2D eigenvalue weighted by atomic mass is 10.3. The second kappa shape index (κ2) is 3.99. The topological polar surface area (TPSA) is 26.3 Å². The van der Waals surface area contributed by atoms with Crippen LogP contribution >= 0.6 is 0 Å². The summed E-state index contributed by atoms with van der Waals surface area (Å²) in [5, 5.41) is 0. The van der Waals surface area contributed by atoms with Crippen LogP contribution in [-0.2, 0) is 9.53 Å². The van der Waals surface area contributed by atoms with Gasteiger partial charge in [-0.2, -0.15) is 0 Å². The Morgan fingerprint density at radius 1 is 1.55 bits per heavy atom. The van der Waals surface area contributed by atoms with Crippen LogP contribution in [0.2, 0.25) is 0 Å². The summed E-state index contributed by atoms with van der Waals surface area (Å²) in [5.41, 5.74) is 2.39. The minimum absolute atomic E-state index is 0.145. The molecule has 1 rings (SSSR count). The van der Waals surface area contributed by atoms with Gasteiger partial charge in [0.2, 0.25) is 0 Å². The van der Waals surface area contributed by atoms with Crippen LogP contribution in [0.3, 0.4) is 0 Å². The molecule has 0 radical (unpaired) electrons. The van der Waals surface area contributed by atoms with Gasteiger partial charge in [0.05, 0.1) is 6.08 Å². The molecule has 0 saturated heterocycles. The van der Waals surface area contributed by atoms with E-state index in [1.807, 2.05) is 0 Å². The second-order valence-electron chi connectivity index (χ2n) is 2.69. The Balaban J connectivity index is 2.29. The Morgan fingerprint density at radius 3 is 2.73 bits per heavy atom. The van der Waals surface area contributed by atoms with Gasteiger partial charge in [0, 0.05) is 0 Å². The summed E-state index contributed by atoms with van der Waals surface area (Å²) in [4.78, 5) is 10.8. The predicted octanol–water partition coefficient (Wildman–Crippen LogP) is 1.81. The highest BCUT2D eigenvalue weighted by atomic mass is 16.5. The van der Waals surface area contributed by atoms with Crippen LogP contribution in [0.1, 0.15) is 25.7 Å². The van der Waals surface area contributed by atoms with Crippen molar-refractivity contribution in [1.82, 2.24) is 0 Å². The molecule has 0 spiro atoms. The maximum atomic E-state index is 10.8. The van der Waals surface area contributed by atoms with Gasteiger partial charge in [0.15, 0.2) is 0 Å². The highest BCUT2D eigenvalue weighted by molar-refractivity contribution is 5.81. The third-order valence-corrected chi connectivity index (χ3v) is 1.80. The van der Waals surface area contributed by atoms with Crippen molar-refractivity contribution in [3.05, 3.63) is 18.4 Å². The van der Waals surface area contributed by atoms with Crippen molar-refractivity contribution in [3.63, 3.8) is 0 Å². The van der Waals surface area contributed by atoms with Gasteiger partial charge in [-0.3, -0.25) is 0 Å². The summed E-state index contributed by atoms with van der Waals surface area (Å²) < 4.78 is 5.05. The Labute approximate surface area is 66.5 Å². The molecule has 1 saturated carbocycles. The largest absolute Gasteiger partial charge is 0.459 e. The molecule has 1 aliphatic carbocycles. The van der Waals surface area contributed by atoms with E-state index in [1.54, 1.807) is 0 Å². The van der Waals surface area contributed by atoms with Crippen LogP contribution in [0.4, 0.5) is 0 Å². The molecule has 1 aliphatic rings. The van der Waals surface area contributed by atoms with E-state index in [-0.39, 0.29) is 12.1 Å². The van der Waals surface area contributed by atoms with Crippen molar-refractivity contribution >= 4 is 5.97 Å². The minimum atomic E-state index is -0.313. The van der Waals surface area contributed by atoms with E-state index in [1.165, 1.54) is 18.9 Å². The van der Waals surface area contributed by atoms with Crippen LogP contribution in [0.25, 0.3) is 0 Å². The molecule has 0 heterocycles. The van der Waals surface area contributed by atoms with Gasteiger partial charge in [-0.15, -0.1) is 5.73 Å². The minimum Gasteiger partial charge on any atom is -0.459 e. The highest BCUT2D eigenvalue weighted by Crippen LogP contribution is 2.20. The highest BCUT2D eigenvalue weighted by Gasteiger charge is 2.17. The molecule has 0 aliphatic heterocycles. The molecule has 0 N–H and O–H groups in total. The molecule has 60 valence electrons. The average Bonchev–Trinajstić information content (AvgIpc) is 2.40. The first-order valence-electron chi connectivity index (χ1n) is 3.89. The molecular weight excluding hydrogens is 140 g/mol. The fourth-order valence-electron chi connectivity index (χ4n) is 1.29. The van der Waals surface area contributed by atoms with Crippen molar-refractivity contribution in [2.45, 2.75) is 31.8 Å². The van der Waals surface area contributed by atoms with E-state index in [4.69, 9.17) is 4.74 Å². The van der Waals surface area contributed by atoms with Crippen molar-refractivity contribution in [3.8, 4) is 0 Å². The zero-order valence-electron chi connectivity index (χ0n) is 6.51. The lowest BCUT2D eigenvalue weighted by Crippen LogP contribution is -2.11. The molecule has 0 amide bonds. The van der Waals surface area contributed by atoms with Crippen LogP contribution in [-0.4, -0.2) is 12.1 Å². The third kappa shape index (κ3) is 2.60. The van der Waals surface area contributed by atoms with Crippen LogP contribution < -0.4 is 0 Å². The normalized spacial score (nSPS) is 17.5. The summed E-state index contributed by atoms with van der Waals surface area (Å²) in [6, 6.07) is 0. The van der Waals surface area contributed by atoms with E-state index < -0.39 is 0 Å². The van der Waals surface area contributed by atoms with Gasteiger partial charge in [0.25, 0.3) is 0 Å². The number of rotatable bonds is 2. The number of carbonyl (C=O) groups is 1. The lowest BCUT2D eigenvalue weighted by molar-refractivity contribution is -0.142. The number of esters is 1. The fraction of sp³-hybridized carbons (Fsp3) is 0.556. The molecular formula is C9H12O2. The summed E-state index contributed by atoms with van der Waals surface area (Å²) in [7, 11) is 0. The quantitative estimate of drug-likeness (QED) is 0.342. The molecule has 0 bridgehead atoms. The fourth-order valence-corrected chi connectivity index (χ4v) is 1.29. The molecule has 0 atom stereocenters. The van der Waals surface area contributed by atoms with E-state index in [9.17, 15) is 4.79 Å². The average molecular weight is 152 g/mol. The molecule has 0 aromatic rings. The maximum absolute atomic E-state index is 10.8. The summed E-state index contributed by atoms with van der Waals surface area (Å²) in [6.45, 7) is 3.29. The molecule has 0 unspecified atom stereocenters. The SMILES string of the molecule is C=C=CC(=O)OC1CCCC1. The first kappa shape index (κ1) is 8.09. The molecule has 11 heavy (non-hydrogen) atoms. The van der Waals surface area contributed by atoms with E-state index in [0.717, 1.165) is 12.8 Å². The van der Waals surface area contributed by atoms with Crippen molar-refractivity contribution in [2.24, 2.45) is 0 Å². The number of hydrogen-bond acceptors (Lipinski definition) is 2. The first-order chi connectivity index (χ1) is 5.33. The van der Waals surface area contributed by atoms with E-state index in [0.29, 0.717) is 0 Å². The molecule has 1 fully saturated rings. The first-order valence-corrected chi connectivity index (χ1v) is 3.89. The number of hydrogen-bond donors (Lipinski definition) is 0. The smallest absolute Gasteiger partial charge is 0.338 e. The van der Waals surface area contributed by atoms with Crippen LogP contribution in [0.15, 0.2) is 18.4 Å². The summed E-state index contributed by atoms with van der Waals surface area (Å²) in [6.07, 6.45) is 5.75. The van der Waals surface area contributed by atoms with Gasteiger partial charge in [-0.25, -0.2) is 4.79 Å². The summed E-state index contributed by atoms with van der Waals surface area (Å²) >= 11 is 0. The molecule has 2 heteroatoms. The van der Waals surface area contributed by atoms with Crippen molar-refractivity contribution < 1.29 is 9.53 Å². The maximum Gasteiger partial charge on any atom is 0.338 e. The van der Waals surface area contributed by atoms with E-state index >= 15 is 0 Å². The Bertz CT molecular complexity index is 184. The number of ether oxygens (including phenoxy) is 1. The van der Waals surface area contributed by atoms with Crippen LogP contribution in [0, 0.1) is 0 Å². The molecule has 0 aromatic carbocycles. The Morgan fingerprint density at radius 2 is 2.18 bits per heavy atom. The Hall–Kier alpha value is -1.01. The zero-order chi connectivity index (χ0) is 8.10.